The number of hydrogen-bond donors (Lipinski definition) is 1. The molecule has 4 nitrogen and oxygen atoms in total. The fourth-order valence-electron chi connectivity index (χ4n) is 2.06. The van der Waals surface area contributed by atoms with Crippen molar-refractivity contribution >= 4 is 0 Å². The number of hydrogen-bond acceptors (Lipinski definition) is 3. The lowest BCUT2D eigenvalue weighted by atomic mass is 9.77. The van der Waals surface area contributed by atoms with E-state index in [1.807, 2.05) is 10.9 Å². The van der Waals surface area contributed by atoms with Gasteiger partial charge in [0.1, 0.15) is 5.60 Å². The maximum absolute atomic E-state index is 6.00. The molecule has 1 aromatic rings. The first-order valence-corrected chi connectivity index (χ1v) is 5.69. The number of aryl methyl sites for hydroxylation is 1. The molecular formula is C11H19N3O. The fraction of sp³-hybridized carbons (Fsp3) is 0.727. The predicted octanol–water partition coefficient (Wildman–Crippen LogP) is 1.55. The smallest absolute Gasteiger partial charge is 0.158 e. The van der Waals surface area contributed by atoms with E-state index in [9.17, 15) is 0 Å². The Morgan fingerprint density at radius 3 is 2.87 bits per heavy atom. The molecule has 0 radical (unpaired) electrons. The standard InChI is InChI=1S/C11H19N3O/c1-2-14-9-10(8-13-14)15-11(6-7-12)4-3-5-11/h8-9H,2-7,12H2,1H3. The van der Waals surface area contributed by atoms with Gasteiger partial charge in [0.2, 0.25) is 0 Å². The average molecular weight is 209 g/mol. The van der Waals surface area contributed by atoms with Crippen molar-refractivity contribution in [2.45, 2.75) is 44.8 Å². The first kappa shape index (κ1) is 10.5. The van der Waals surface area contributed by atoms with Gasteiger partial charge in [-0.2, -0.15) is 5.10 Å². The molecule has 0 bridgehead atoms. The highest BCUT2D eigenvalue weighted by molar-refractivity contribution is 5.14. The Morgan fingerprint density at radius 1 is 1.60 bits per heavy atom. The number of aromatic nitrogens is 2. The van der Waals surface area contributed by atoms with Crippen LogP contribution in [0.1, 0.15) is 32.6 Å². The summed E-state index contributed by atoms with van der Waals surface area (Å²) in [5.41, 5.74) is 5.62. The molecule has 0 saturated heterocycles. The second-order valence-corrected chi connectivity index (χ2v) is 4.21. The van der Waals surface area contributed by atoms with Crippen LogP contribution in [0.4, 0.5) is 0 Å². The van der Waals surface area contributed by atoms with Gasteiger partial charge in [-0.1, -0.05) is 0 Å². The molecule has 0 atom stereocenters. The second-order valence-electron chi connectivity index (χ2n) is 4.21. The van der Waals surface area contributed by atoms with Gasteiger partial charge in [0.15, 0.2) is 5.75 Å². The summed E-state index contributed by atoms with van der Waals surface area (Å²) in [5.74, 6) is 0.880. The molecule has 4 heteroatoms. The first-order chi connectivity index (χ1) is 7.28. The van der Waals surface area contributed by atoms with Crippen LogP contribution in [0, 0.1) is 0 Å². The molecule has 0 amide bonds. The van der Waals surface area contributed by atoms with Crippen molar-refractivity contribution in [3.63, 3.8) is 0 Å². The van der Waals surface area contributed by atoms with Gasteiger partial charge in [-0.05, 0) is 39.2 Å². The van der Waals surface area contributed by atoms with E-state index < -0.39 is 0 Å². The van der Waals surface area contributed by atoms with Crippen LogP contribution >= 0.6 is 0 Å². The predicted molar refractivity (Wildman–Crippen MR) is 58.8 cm³/mol. The largest absolute Gasteiger partial charge is 0.484 e. The van der Waals surface area contributed by atoms with E-state index in [2.05, 4.69) is 12.0 Å². The third-order valence-corrected chi connectivity index (χ3v) is 3.13. The summed E-state index contributed by atoms with van der Waals surface area (Å²) < 4.78 is 7.88. The van der Waals surface area contributed by atoms with Crippen LogP contribution in [-0.4, -0.2) is 21.9 Å². The van der Waals surface area contributed by atoms with Crippen molar-refractivity contribution in [2.24, 2.45) is 5.73 Å². The van der Waals surface area contributed by atoms with E-state index in [4.69, 9.17) is 10.5 Å². The van der Waals surface area contributed by atoms with Gasteiger partial charge in [-0.25, -0.2) is 0 Å². The number of ether oxygens (including phenoxy) is 1. The Morgan fingerprint density at radius 2 is 2.40 bits per heavy atom. The quantitative estimate of drug-likeness (QED) is 0.800. The molecule has 1 aromatic heterocycles. The highest BCUT2D eigenvalue weighted by Crippen LogP contribution is 2.38. The molecule has 1 aliphatic carbocycles. The van der Waals surface area contributed by atoms with Crippen LogP contribution in [0.5, 0.6) is 5.75 Å². The molecule has 84 valence electrons. The highest BCUT2D eigenvalue weighted by atomic mass is 16.5. The Hall–Kier alpha value is -1.03. The van der Waals surface area contributed by atoms with Gasteiger partial charge in [0.25, 0.3) is 0 Å². The molecule has 1 aliphatic rings. The normalized spacial score (nSPS) is 18.5. The van der Waals surface area contributed by atoms with E-state index >= 15 is 0 Å². The summed E-state index contributed by atoms with van der Waals surface area (Å²) in [5, 5.41) is 4.20. The maximum Gasteiger partial charge on any atom is 0.158 e. The summed E-state index contributed by atoms with van der Waals surface area (Å²) in [4.78, 5) is 0. The minimum Gasteiger partial charge on any atom is -0.484 e. The summed E-state index contributed by atoms with van der Waals surface area (Å²) in [6.07, 6.45) is 8.20. The third-order valence-electron chi connectivity index (χ3n) is 3.13. The van der Waals surface area contributed by atoms with Gasteiger partial charge >= 0.3 is 0 Å². The second kappa shape index (κ2) is 4.23. The third kappa shape index (κ3) is 2.15. The molecule has 2 N–H and O–H groups in total. The van der Waals surface area contributed by atoms with Crippen molar-refractivity contribution in [1.29, 1.82) is 0 Å². The van der Waals surface area contributed by atoms with Gasteiger partial charge in [0, 0.05) is 6.54 Å². The summed E-state index contributed by atoms with van der Waals surface area (Å²) in [6, 6.07) is 0. The maximum atomic E-state index is 6.00. The number of nitrogens with zero attached hydrogens (tertiary/aromatic N) is 2. The molecule has 1 fully saturated rings. The Bertz CT molecular complexity index is 317. The first-order valence-electron chi connectivity index (χ1n) is 5.69. The summed E-state index contributed by atoms with van der Waals surface area (Å²) >= 11 is 0. The van der Waals surface area contributed by atoms with E-state index in [-0.39, 0.29) is 5.60 Å². The summed E-state index contributed by atoms with van der Waals surface area (Å²) in [6.45, 7) is 3.64. The molecule has 15 heavy (non-hydrogen) atoms. The van der Waals surface area contributed by atoms with Crippen molar-refractivity contribution in [1.82, 2.24) is 9.78 Å². The Kier molecular flexibility index (Phi) is 2.95. The summed E-state index contributed by atoms with van der Waals surface area (Å²) in [7, 11) is 0. The molecular weight excluding hydrogens is 190 g/mol. The van der Waals surface area contributed by atoms with Crippen molar-refractivity contribution < 1.29 is 4.74 Å². The molecule has 1 heterocycles. The van der Waals surface area contributed by atoms with Gasteiger partial charge in [0.05, 0.1) is 12.4 Å². The number of rotatable bonds is 5. The van der Waals surface area contributed by atoms with E-state index in [0.717, 1.165) is 31.6 Å². The zero-order valence-electron chi connectivity index (χ0n) is 9.28. The van der Waals surface area contributed by atoms with Gasteiger partial charge < -0.3 is 10.5 Å². The minimum absolute atomic E-state index is 0.0103. The van der Waals surface area contributed by atoms with Crippen molar-refractivity contribution in [3.8, 4) is 5.75 Å². The van der Waals surface area contributed by atoms with E-state index in [1.54, 1.807) is 6.20 Å². The van der Waals surface area contributed by atoms with E-state index in [1.165, 1.54) is 6.42 Å². The van der Waals surface area contributed by atoms with Crippen molar-refractivity contribution in [2.75, 3.05) is 6.54 Å². The van der Waals surface area contributed by atoms with Crippen LogP contribution in [0.3, 0.4) is 0 Å². The monoisotopic (exact) mass is 209 g/mol. The molecule has 0 aromatic carbocycles. The minimum atomic E-state index is 0.0103. The molecule has 0 unspecified atom stereocenters. The fourth-order valence-corrected chi connectivity index (χ4v) is 2.06. The molecule has 0 spiro atoms. The van der Waals surface area contributed by atoms with Crippen LogP contribution in [0.2, 0.25) is 0 Å². The highest BCUT2D eigenvalue weighted by Gasteiger charge is 2.38. The van der Waals surface area contributed by atoms with Crippen molar-refractivity contribution in [3.05, 3.63) is 12.4 Å². The van der Waals surface area contributed by atoms with Crippen LogP contribution in [-0.2, 0) is 6.54 Å². The molecule has 2 rings (SSSR count). The Labute approximate surface area is 90.4 Å². The van der Waals surface area contributed by atoms with Crippen LogP contribution in [0.15, 0.2) is 12.4 Å². The number of nitrogens with two attached hydrogens (primary N) is 1. The van der Waals surface area contributed by atoms with Crippen LogP contribution in [0.25, 0.3) is 0 Å². The SMILES string of the molecule is CCn1cc(OC2(CCN)CCC2)cn1. The zero-order chi connectivity index (χ0) is 10.7. The molecule has 1 saturated carbocycles. The topological polar surface area (TPSA) is 53.1 Å². The average Bonchev–Trinajstić information content (AvgIpc) is 2.62. The lowest BCUT2D eigenvalue weighted by Gasteiger charge is -2.41. The van der Waals surface area contributed by atoms with Gasteiger partial charge in [-0.15, -0.1) is 0 Å². The zero-order valence-corrected chi connectivity index (χ0v) is 9.28. The van der Waals surface area contributed by atoms with Crippen LogP contribution < -0.4 is 10.5 Å². The molecule has 0 aliphatic heterocycles. The van der Waals surface area contributed by atoms with Gasteiger partial charge in [-0.3, -0.25) is 4.68 Å². The lowest BCUT2D eigenvalue weighted by molar-refractivity contribution is -0.0125. The Balaban J connectivity index is 1.99. The lowest BCUT2D eigenvalue weighted by Crippen LogP contribution is -2.44. The van der Waals surface area contributed by atoms with E-state index in [0.29, 0.717) is 6.54 Å².